The Balaban J connectivity index is 2.07. The third-order valence-corrected chi connectivity index (χ3v) is 3.38. The molecule has 0 amide bonds. The van der Waals surface area contributed by atoms with Crippen LogP contribution in [0, 0.1) is 5.92 Å². The third-order valence-electron chi connectivity index (χ3n) is 3.38. The standard InChI is InChI=1S/C15H22N2O/c1-11(2)14(10-18-3)17-9-13-6-4-5-12-7-8-16-15(12)13/h4-8,11,14,16-17H,9-10H2,1-3H3. The number of rotatable bonds is 6. The third kappa shape index (κ3) is 2.92. The molecule has 3 nitrogen and oxygen atoms in total. The van der Waals surface area contributed by atoms with Gasteiger partial charge in [-0.2, -0.15) is 0 Å². The molecule has 2 N–H and O–H groups in total. The first-order chi connectivity index (χ1) is 8.72. The first kappa shape index (κ1) is 13.1. The van der Waals surface area contributed by atoms with Crippen LogP contribution in [0.2, 0.25) is 0 Å². The molecule has 0 fully saturated rings. The van der Waals surface area contributed by atoms with Crippen molar-refractivity contribution in [2.45, 2.75) is 26.4 Å². The van der Waals surface area contributed by atoms with Gasteiger partial charge in [-0.25, -0.2) is 0 Å². The van der Waals surface area contributed by atoms with Gasteiger partial charge in [0.05, 0.1) is 6.61 Å². The molecule has 1 heterocycles. The van der Waals surface area contributed by atoms with Crippen molar-refractivity contribution in [1.29, 1.82) is 0 Å². The lowest BCUT2D eigenvalue weighted by molar-refractivity contribution is 0.146. The van der Waals surface area contributed by atoms with Crippen LogP contribution in [0.15, 0.2) is 30.5 Å². The maximum atomic E-state index is 5.26. The minimum atomic E-state index is 0.389. The quantitative estimate of drug-likeness (QED) is 0.822. The van der Waals surface area contributed by atoms with Gasteiger partial charge in [-0.3, -0.25) is 0 Å². The summed E-state index contributed by atoms with van der Waals surface area (Å²) in [5, 5.41) is 4.84. The highest BCUT2D eigenvalue weighted by molar-refractivity contribution is 5.82. The number of fused-ring (bicyclic) bond motifs is 1. The van der Waals surface area contributed by atoms with E-state index in [-0.39, 0.29) is 0 Å². The summed E-state index contributed by atoms with van der Waals surface area (Å²) in [5.74, 6) is 0.563. The average Bonchev–Trinajstić information content (AvgIpc) is 2.82. The molecule has 0 aliphatic rings. The first-order valence-electron chi connectivity index (χ1n) is 6.49. The zero-order valence-electron chi connectivity index (χ0n) is 11.4. The highest BCUT2D eigenvalue weighted by atomic mass is 16.5. The lowest BCUT2D eigenvalue weighted by Crippen LogP contribution is -2.37. The van der Waals surface area contributed by atoms with Gasteiger partial charge >= 0.3 is 0 Å². The van der Waals surface area contributed by atoms with Crippen LogP contribution in [0.5, 0.6) is 0 Å². The fourth-order valence-electron chi connectivity index (χ4n) is 2.20. The zero-order chi connectivity index (χ0) is 13.0. The molecule has 2 aromatic rings. The fourth-order valence-corrected chi connectivity index (χ4v) is 2.20. The van der Waals surface area contributed by atoms with Gasteiger partial charge in [0.25, 0.3) is 0 Å². The van der Waals surface area contributed by atoms with Crippen LogP contribution in [0.1, 0.15) is 19.4 Å². The first-order valence-corrected chi connectivity index (χ1v) is 6.49. The molecular formula is C15H22N2O. The Morgan fingerprint density at radius 1 is 1.28 bits per heavy atom. The Labute approximate surface area is 109 Å². The number of methoxy groups -OCH3 is 1. The molecule has 0 saturated carbocycles. The van der Waals surface area contributed by atoms with E-state index in [1.807, 2.05) is 6.20 Å². The van der Waals surface area contributed by atoms with Crippen molar-refractivity contribution < 1.29 is 4.74 Å². The minimum absolute atomic E-state index is 0.389. The molecule has 2 rings (SSSR count). The second kappa shape index (κ2) is 6.03. The summed E-state index contributed by atoms with van der Waals surface area (Å²) in [6.07, 6.45) is 1.99. The molecule has 1 aromatic heterocycles. The van der Waals surface area contributed by atoms with Gasteiger partial charge in [0, 0.05) is 31.4 Å². The molecule has 18 heavy (non-hydrogen) atoms. The van der Waals surface area contributed by atoms with E-state index in [0.717, 1.165) is 13.2 Å². The van der Waals surface area contributed by atoms with Crippen LogP contribution in [0.25, 0.3) is 10.9 Å². The van der Waals surface area contributed by atoms with Crippen LogP contribution in [0.4, 0.5) is 0 Å². The molecule has 1 aromatic carbocycles. The number of benzene rings is 1. The van der Waals surface area contributed by atoms with Crippen molar-refractivity contribution in [3.63, 3.8) is 0 Å². The van der Waals surface area contributed by atoms with Crippen molar-refractivity contribution in [3.05, 3.63) is 36.0 Å². The van der Waals surface area contributed by atoms with Crippen LogP contribution in [0.3, 0.4) is 0 Å². The lowest BCUT2D eigenvalue weighted by Gasteiger charge is -2.21. The van der Waals surface area contributed by atoms with Crippen molar-refractivity contribution in [2.75, 3.05) is 13.7 Å². The molecular weight excluding hydrogens is 224 g/mol. The summed E-state index contributed by atoms with van der Waals surface area (Å²) in [5.41, 5.74) is 2.53. The molecule has 1 unspecified atom stereocenters. The van der Waals surface area contributed by atoms with Gasteiger partial charge < -0.3 is 15.0 Å². The van der Waals surface area contributed by atoms with E-state index in [9.17, 15) is 0 Å². The van der Waals surface area contributed by atoms with Crippen LogP contribution in [-0.4, -0.2) is 24.7 Å². The normalized spacial score (nSPS) is 13.3. The number of nitrogens with one attached hydrogen (secondary N) is 2. The van der Waals surface area contributed by atoms with E-state index >= 15 is 0 Å². The Morgan fingerprint density at radius 2 is 2.11 bits per heavy atom. The van der Waals surface area contributed by atoms with E-state index in [1.54, 1.807) is 7.11 Å². The number of aromatic amines is 1. The lowest BCUT2D eigenvalue weighted by atomic mass is 10.0. The van der Waals surface area contributed by atoms with Gasteiger partial charge in [-0.1, -0.05) is 32.0 Å². The molecule has 0 radical (unpaired) electrons. The van der Waals surface area contributed by atoms with E-state index in [1.165, 1.54) is 16.5 Å². The van der Waals surface area contributed by atoms with E-state index in [0.29, 0.717) is 12.0 Å². The largest absolute Gasteiger partial charge is 0.383 e. The second-order valence-corrected chi connectivity index (χ2v) is 5.05. The average molecular weight is 246 g/mol. The molecule has 0 bridgehead atoms. The molecule has 3 heteroatoms. The maximum absolute atomic E-state index is 5.26. The number of hydrogen-bond acceptors (Lipinski definition) is 2. The van der Waals surface area contributed by atoms with E-state index < -0.39 is 0 Å². The summed E-state index contributed by atoms with van der Waals surface area (Å²) in [4.78, 5) is 3.30. The molecule has 0 aliphatic heterocycles. The number of para-hydroxylation sites is 1. The molecule has 0 spiro atoms. The van der Waals surface area contributed by atoms with E-state index in [2.05, 4.69) is 48.4 Å². The van der Waals surface area contributed by atoms with E-state index in [4.69, 9.17) is 4.74 Å². The summed E-state index contributed by atoms with van der Waals surface area (Å²) in [6.45, 7) is 6.04. The van der Waals surface area contributed by atoms with Crippen molar-refractivity contribution in [1.82, 2.24) is 10.3 Å². The predicted molar refractivity (Wildman–Crippen MR) is 75.6 cm³/mol. The predicted octanol–water partition coefficient (Wildman–Crippen LogP) is 2.93. The van der Waals surface area contributed by atoms with Crippen LogP contribution in [-0.2, 0) is 11.3 Å². The summed E-state index contributed by atoms with van der Waals surface area (Å²) in [6, 6.07) is 8.89. The van der Waals surface area contributed by atoms with Gasteiger partial charge in [0.2, 0.25) is 0 Å². The molecule has 98 valence electrons. The van der Waals surface area contributed by atoms with Crippen molar-refractivity contribution >= 4 is 10.9 Å². The molecule has 0 aliphatic carbocycles. The maximum Gasteiger partial charge on any atom is 0.0618 e. The van der Waals surface area contributed by atoms with Gasteiger partial charge in [-0.05, 0) is 22.9 Å². The van der Waals surface area contributed by atoms with Crippen LogP contribution >= 0.6 is 0 Å². The zero-order valence-corrected chi connectivity index (χ0v) is 11.4. The SMILES string of the molecule is COCC(NCc1cccc2cc[nH]c12)C(C)C. The monoisotopic (exact) mass is 246 g/mol. The highest BCUT2D eigenvalue weighted by Crippen LogP contribution is 2.17. The highest BCUT2D eigenvalue weighted by Gasteiger charge is 2.12. The smallest absolute Gasteiger partial charge is 0.0618 e. The van der Waals surface area contributed by atoms with Crippen molar-refractivity contribution in [3.8, 4) is 0 Å². The minimum Gasteiger partial charge on any atom is -0.383 e. The Kier molecular flexibility index (Phi) is 4.39. The fraction of sp³-hybridized carbons (Fsp3) is 0.467. The molecule has 0 saturated heterocycles. The van der Waals surface area contributed by atoms with Crippen LogP contribution < -0.4 is 5.32 Å². The number of aromatic nitrogens is 1. The molecule has 1 atom stereocenters. The number of H-pyrrole nitrogens is 1. The second-order valence-electron chi connectivity index (χ2n) is 5.05. The van der Waals surface area contributed by atoms with Gasteiger partial charge in [0.1, 0.15) is 0 Å². The topological polar surface area (TPSA) is 37.0 Å². The van der Waals surface area contributed by atoms with Gasteiger partial charge in [0.15, 0.2) is 0 Å². The van der Waals surface area contributed by atoms with Gasteiger partial charge in [-0.15, -0.1) is 0 Å². The summed E-state index contributed by atoms with van der Waals surface area (Å²) in [7, 11) is 1.75. The summed E-state index contributed by atoms with van der Waals surface area (Å²) >= 11 is 0. The Bertz CT molecular complexity index is 490. The Hall–Kier alpha value is -1.32. The summed E-state index contributed by atoms with van der Waals surface area (Å²) < 4.78 is 5.26. The Morgan fingerprint density at radius 3 is 2.83 bits per heavy atom. The number of ether oxygens (including phenoxy) is 1. The van der Waals surface area contributed by atoms with Crippen molar-refractivity contribution in [2.24, 2.45) is 5.92 Å². The number of hydrogen-bond donors (Lipinski definition) is 2.